The Balaban J connectivity index is 1.39. The summed E-state index contributed by atoms with van der Waals surface area (Å²) in [6.45, 7) is 1.87. The number of benzene rings is 1. The number of hydrazone groups is 1. The van der Waals surface area contributed by atoms with Crippen LogP contribution in [-0.2, 0) is 12.6 Å². The molecule has 1 unspecified atom stereocenters. The largest absolute Gasteiger partial charge is 0.416 e. The Morgan fingerprint density at radius 3 is 2.66 bits per heavy atom. The van der Waals surface area contributed by atoms with Gasteiger partial charge in [0.1, 0.15) is 5.71 Å². The van der Waals surface area contributed by atoms with Gasteiger partial charge in [0, 0.05) is 11.4 Å². The Morgan fingerprint density at radius 1 is 1.09 bits per heavy atom. The van der Waals surface area contributed by atoms with Crippen LogP contribution in [0, 0.1) is 0 Å². The first-order valence-corrected chi connectivity index (χ1v) is 10.7. The summed E-state index contributed by atoms with van der Waals surface area (Å²) < 4.78 is 53.0. The maximum atomic E-state index is 14.4. The smallest absolute Gasteiger partial charge is 0.354 e. The summed E-state index contributed by atoms with van der Waals surface area (Å²) in [6.07, 6.45) is -2.16. The van der Waals surface area contributed by atoms with Gasteiger partial charge in [-0.2, -0.15) is 18.3 Å². The number of alkyl halides is 4. The fraction of sp³-hybridized carbons (Fsp3) is 0.208. The zero-order chi connectivity index (χ0) is 24.8. The molecule has 7 nitrogen and oxygen atoms in total. The van der Waals surface area contributed by atoms with Gasteiger partial charge in [-0.05, 0) is 48.9 Å². The van der Waals surface area contributed by atoms with Crippen molar-refractivity contribution in [2.75, 3.05) is 11.9 Å². The van der Waals surface area contributed by atoms with Crippen molar-refractivity contribution in [3.63, 3.8) is 0 Å². The minimum atomic E-state index is -4.42. The molecule has 2 N–H and O–H groups in total. The quantitative estimate of drug-likeness (QED) is 0.296. The highest BCUT2D eigenvalue weighted by atomic mass is 19.4. The first-order chi connectivity index (χ1) is 16.8. The molecule has 0 amide bonds. The molecule has 0 saturated heterocycles. The van der Waals surface area contributed by atoms with Crippen LogP contribution in [0.2, 0.25) is 0 Å². The lowest BCUT2D eigenvalue weighted by atomic mass is 10.1. The van der Waals surface area contributed by atoms with Crippen molar-refractivity contribution in [3.8, 4) is 0 Å². The maximum Gasteiger partial charge on any atom is 0.416 e. The Labute approximate surface area is 198 Å². The van der Waals surface area contributed by atoms with Gasteiger partial charge >= 0.3 is 6.18 Å². The van der Waals surface area contributed by atoms with E-state index in [4.69, 9.17) is 0 Å². The number of aliphatic imine (C=N–C) groups is 2. The number of anilines is 2. The molecule has 1 aromatic carbocycles. The van der Waals surface area contributed by atoms with Gasteiger partial charge < -0.3 is 5.32 Å². The minimum Gasteiger partial charge on any atom is -0.354 e. The summed E-state index contributed by atoms with van der Waals surface area (Å²) in [7, 11) is 0. The van der Waals surface area contributed by atoms with Crippen LogP contribution in [0.3, 0.4) is 0 Å². The van der Waals surface area contributed by atoms with Crippen molar-refractivity contribution in [1.29, 1.82) is 0 Å². The van der Waals surface area contributed by atoms with E-state index in [2.05, 4.69) is 35.8 Å². The van der Waals surface area contributed by atoms with Gasteiger partial charge in [-0.15, -0.1) is 0 Å². The van der Waals surface area contributed by atoms with Crippen LogP contribution in [0.4, 0.5) is 28.9 Å². The van der Waals surface area contributed by atoms with Crippen LogP contribution in [0.15, 0.2) is 75.9 Å². The van der Waals surface area contributed by atoms with E-state index in [0.717, 1.165) is 24.2 Å². The summed E-state index contributed by atoms with van der Waals surface area (Å²) in [5.41, 5.74) is 4.70. The van der Waals surface area contributed by atoms with E-state index in [1.165, 1.54) is 24.5 Å². The van der Waals surface area contributed by atoms with Crippen molar-refractivity contribution in [2.45, 2.75) is 25.7 Å². The van der Waals surface area contributed by atoms with Gasteiger partial charge in [0.05, 0.1) is 41.6 Å². The topological polar surface area (TPSA) is 86.9 Å². The third-order valence-corrected chi connectivity index (χ3v) is 4.98. The van der Waals surface area contributed by atoms with Gasteiger partial charge in [-0.25, -0.2) is 19.8 Å². The highest BCUT2D eigenvalue weighted by molar-refractivity contribution is 6.10. The second-order valence-corrected chi connectivity index (χ2v) is 7.54. The van der Waals surface area contributed by atoms with Crippen molar-refractivity contribution in [3.05, 3.63) is 83.4 Å². The summed E-state index contributed by atoms with van der Waals surface area (Å²) in [5, 5.41) is 6.92. The van der Waals surface area contributed by atoms with Crippen LogP contribution < -0.4 is 10.7 Å². The van der Waals surface area contributed by atoms with Crippen LogP contribution in [0.5, 0.6) is 0 Å². The predicted octanol–water partition coefficient (Wildman–Crippen LogP) is 4.92. The summed E-state index contributed by atoms with van der Waals surface area (Å²) in [4.78, 5) is 16.9. The molecule has 11 heteroatoms. The summed E-state index contributed by atoms with van der Waals surface area (Å²) >= 11 is 0. The Kier molecular flexibility index (Phi) is 7.14. The lowest BCUT2D eigenvalue weighted by Crippen LogP contribution is -2.31. The molecule has 1 atom stereocenters. The average molecular weight is 483 g/mol. The molecule has 180 valence electrons. The molecule has 0 radical (unpaired) electrons. The predicted molar refractivity (Wildman–Crippen MR) is 127 cm³/mol. The molecule has 0 spiro atoms. The average Bonchev–Trinajstić information content (AvgIpc) is 2.86. The Bertz CT molecular complexity index is 1270. The van der Waals surface area contributed by atoms with Gasteiger partial charge in [-0.3, -0.25) is 9.97 Å². The molecule has 1 aliphatic rings. The fourth-order valence-corrected chi connectivity index (χ4v) is 3.22. The minimum absolute atomic E-state index is 0.0944. The van der Waals surface area contributed by atoms with Crippen LogP contribution in [-0.4, -0.2) is 40.6 Å². The van der Waals surface area contributed by atoms with Crippen molar-refractivity contribution in [1.82, 2.24) is 15.4 Å². The summed E-state index contributed by atoms with van der Waals surface area (Å²) in [5.74, 6) is 0.150. The van der Waals surface area contributed by atoms with E-state index in [1.807, 2.05) is 19.1 Å². The van der Waals surface area contributed by atoms with Crippen molar-refractivity contribution < 1.29 is 17.6 Å². The second-order valence-electron chi connectivity index (χ2n) is 7.54. The number of nitrogens with one attached hydrogen (secondary N) is 2. The number of rotatable bonds is 6. The van der Waals surface area contributed by atoms with E-state index < -0.39 is 17.9 Å². The van der Waals surface area contributed by atoms with Gasteiger partial charge in [0.25, 0.3) is 0 Å². The van der Waals surface area contributed by atoms with Gasteiger partial charge in [0.15, 0.2) is 6.17 Å². The molecule has 0 aliphatic carbocycles. The van der Waals surface area contributed by atoms with Crippen LogP contribution >= 0.6 is 0 Å². The molecule has 0 fully saturated rings. The molecule has 35 heavy (non-hydrogen) atoms. The maximum absolute atomic E-state index is 14.4. The molecule has 0 saturated carbocycles. The summed E-state index contributed by atoms with van der Waals surface area (Å²) in [6, 6.07) is 13.6. The SMILES string of the molecule is CCc1cccc(C2=NC(N/N=C/c3ccc(Nc4cccc(C(F)(F)F)c4)cn3)=NCC2F)n1. The molecule has 2 aromatic heterocycles. The lowest BCUT2D eigenvalue weighted by molar-refractivity contribution is -0.137. The number of hydrogen-bond donors (Lipinski definition) is 2. The van der Waals surface area contributed by atoms with E-state index >= 15 is 0 Å². The number of guanidine groups is 1. The Morgan fingerprint density at radius 2 is 1.91 bits per heavy atom. The van der Waals surface area contributed by atoms with Gasteiger partial charge in [-0.1, -0.05) is 19.1 Å². The molecule has 3 heterocycles. The number of halogens is 4. The molecular formula is C24H21F4N7. The van der Waals surface area contributed by atoms with E-state index in [1.54, 1.807) is 18.2 Å². The first kappa shape index (κ1) is 24.0. The zero-order valence-electron chi connectivity index (χ0n) is 18.6. The number of aromatic nitrogens is 2. The molecule has 1 aliphatic heterocycles. The van der Waals surface area contributed by atoms with E-state index in [9.17, 15) is 17.6 Å². The third kappa shape index (κ3) is 6.25. The molecule has 0 bridgehead atoms. The monoisotopic (exact) mass is 483 g/mol. The van der Waals surface area contributed by atoms with Crippen molar-refractivity contribution in [2.24, 2.45) is 15.1 Å². The van der Waals surface area contributed by atoms with E-state index in [0.29, 0.717) is 22.8 Å². The van der Waals surface area contributed by atoms with Crippen LogP contribution in [0.25, 0.3) is 0 Å². The third-order valence-electron chi connectivity index (χ3n) is 4.98. The molecule has 3 aromatic rings. The highest BCUT2D eigenvalue weighted by Crippen LogP contribution is 2.31. The van der Waals surface area contributed by atoms with Crippen molar-refractivity contribution >= 4 is 29.3 Å². The van der Waals surface area contributed by atoms with Crippen LogP contribution in [0.1, 0.15) is 29.6 Å². The number of nitrogens with zero attached hydrogens (tertiary/aromatic N) is 5. The standard InChI is InChI=1S/C24H21F4N7/c1-2-16-6-4-8-21(33-16)22-20(25)14-30-23(34-22)35-31-13-18-9-10-19(12-29-18)32-17-7-3-5-15(11-17)24(26,27)28/h3-13,20,32H,2,14H2,1H3,(H,30,35)/b31-13+. The fourth-order valence-electron chi connectivity index (χ4n) is 3.22. The normalized spacial score (nSPS) is 16.1. The number of hydrogen-bond acceptors (Lipinski definition) is 7. The second kappa shape index (κ2) is 10.4. The highest BCUT2D eigenvalue weighted by Gasteiger charge is 2.30. The zero-order valence-corrected chi connectivity index (χ0v) is 18.6. The van der Waals surface area contributed by atoms with E-state index in [-0.39, 0.29) is 18.2 Å². The Hall–Kier alpha value is -4.15. The first-order valence-electron chi connectivity index (χ1n) is 10.7. The molecular weight excluding hydrogens is 462 g/mol. The lowest BCUT2D eigenvalue weighted by Gasteiger charge is -2.15. The van der Waals surface area contributed by atoms with Gasteiger partial charge in [0.2, 0.25) is 5.96 Å². The number of pyridine rings is 2. The molecule has 4 rings (SSSR count). The number of aryl methyl sites for hydroxylation is 1.